The fourth-order valence-electron chi connectivity index (χ4n) is 3.40. The predicted octanol–water partition coefficient (Wildman–Crippen LogP) is 3.03. The number of carbonyl (C=O) groups is 2. The van der Waals surface area contributed by atoms with Gasteiger partial charge in [-0.2, -0.15) is 13.2 Å². The number of aromatic nitrogens is 1. The van der Waals surface area contributed by atoms with Gasteiger partial charge in [0.15, 0.2) is 18.1 Å². The van der Waals surface area contributed by atoms with Crippen molar-refractivity contribution in [2.45, 2.75) is 25.1 Å². The minimum atomic E-state index is -4.43. The fraction of sp³-hybridized carbons (Fsp3) is 0.381. The van der Waals surface area contributed by atoms with E-state index in [1.54, 1.807) is 0 Å². The molecule has 8 nitrogen and oxygen atoms in total. The van der Waals surface area contributed by atoms with Crippen LogP contribution < -0.4 is 25.4 Å². The second-order valence-electron chi connectivity index (χ2n) is 7.38. The predicted molar refractivity (Wildman–Crippen MR) is 115 cm³/mol. The Hall–Kier alpha value is -3.21. The lowest BCUT2D eigenvalue weighted by molar-refractivity contribution is -0.137. The van der Waals surface area contributed by atoms with Crippen LogP contribution in [0.15, 0.2) is 30.5 Å². The van der Waals surface area contributed by atoms with Gasteiger partial charge in [-0.1, -0.05) is 11.6 Å². The summed E-state index contributed by atoms with van der Waals surface area (Å²) in [6.45, 7) is 0.647. The van der Waals surface area contributed by atoms with Gasteiger partial charge in [-0.25, -0.2) is 4.98 Å². The molecule has 178 valence electrons. The monoisotopic (exact) mass is 486 g/mol. The van der Waals surface area contributed by atoms with Crippen molar-refractivity contribution in [1.29, 1.82) is 0 Å². The summed E-state index contributed by atoms with van der Waals surface area (Å²) in [4.78, 5) is 29.4. The summed E-state index contributed by atoms with van der Waals surface area (Å²) in [6, 6.07) is 5.05. The molecule has 0 radical (unpaired) electrons. The molecule has 1 saturated heterocycles. The SMILES string of the molecule is COc1cc(C(=O)NC2CCN(c3ccc(C(F)(F)F)cn3)CC2)cc(Cl)c1OCC(N)=O. The number of nitrogens with one attached hydrogen (secondary N) is 1. The molecule has 0 atom stereocenters. The van der Waals surface area contributed by atoms with Crippen LogP contribution in [-0.2, 0) is 11.0 Å². The summed E-state index contributed by atoms with van der Waals surface area (Å²) in [5.74, 6) is -0.324. The first-order chi connectivity index (χ1) is 15.6. The van der Waals surface area contributed by atoms with E-state index in [0.717, 1.165) is 12.3 Å². The number of halogens is 4. The maximum atomic E-state index is 12.7. The highest BCUT2D eigenvalue weighted by atomic mass is 35.5. The number of hydrogen-bond donors (Lipinski definition) is 2. The number of piperidine rings is 1. The van der Waals surface area contributed by atoms with E-state index in [4.69, 9.17) is 26.8 Å². The lowest BCUT2D eigenvalue weighted by atomic mass is 10.0. The second kappa shape index (κ2) is 10.2. The number of nitrogens with zero attached hydrogens (tertiary/aromatic N) is 2. The molecule has 1 aliphatic rings. The first-order valence-corrected chi connectivity index (χ1v) is 10.3. The van der Waals surface area contributed by atoms with E-state index in [-0.39, 0.29) is 34.0 Å². The summed E-state index contributed by atoms with van der Waals surface area (Å²) < 4.78 is 48.6. The van der Waals surface area contributed by atoms with Crippen molar-refractivity contribution in [3.63, 3.8) is 0 Å². The van der Waals surface area contributed by atoms with Crippen molar-refractivity contribution in [1.82, 2.24) is 10.3 Å². The molecule has 12 heteroatoms. The van der Waals surface area contributed by atoms with E-state index in [0.29, 0.717) is 31.7 Å². The van der Waals surface area contributed by atoms with Crippen LogP contribution in [0.4, 0.5) is 19.0 Å². The molecule has 2 aromatic rings. The number of amides is 2. The zero-order valence-electron chi connectivity index (χ0n) is 17.6. The average Bonchev–Trinajstić information content (AvgIpc) is 2.77. The van der Waals surface area contributed by atoms with E-state index in [9.17, 15) is 22.8 Å². The third-order valence-electron chi connectivity index (χ3n) is 5.08. The largest absolute Gasteiger partial charge is 0.493 e. The van der Waals surface area contributed by atoms with Crippen LogP contribution in [-0.4, -0.2) is 49.6 Å². The summed E-state index contributed by atoms with van der Waals surface area (Å²) >= 11 is 6.19. The molecular formula is C21H22ClF3N4O4. The number of ether oxygens (including phenoxy) is 2. The Morgan fingerprint density at radius 1 is 1.27 bits per heavy atom. The molecule has 3 rings (SSSR count). The van der Waals surface area contributed by atoms with Gasteiger partial charge in [-0.15, -0.1) is 0 Å². The highest BCUT2D eigenvalue weighted by Gasteiger charge is 2.31. The molecule has 33 heavy (non-hydrogen) atoms. The Kier molecular flexibility index (Phi) is 7.52. The quantitative estimate of drug-likeness (QED) is 0.623. The first-order valence-electron chi connectivity index (χ1n) is 9.96. The lowest BCUT2D eigenvalue weighted by Crippen LogP contribution is -2.45. The highest BCUT2D eigenvalue weighted by Crippen LogP contribution is 2.36. The molecule has 0 saturated carbocycles. The molecule has 0 aliphatic carbocycles. The van der Waals surface area contributed by atoms with Crippen molar-refractivity contribution < 1.29 is 32.2 Å². The van der Waals surface area contributed by atoms with E-state index in [2.05, 4.69) is 10.3 Å². The Morgan fingerprint density at radius 3 is 2.52 bits per heavy atom. The standard InChI is InChI=1S/C21H22ClF3N4O4/c1-32-16-9-12(8-15(22)19(16)33-11-17(26)30)20(31)28-14-4-6-29(7-5-14)18-3-2-13(10-27-18)21(23,24)25/h2-3,8-10,14H,4-7,11H2,1H3,(H2,26,30)(H,28,31). The van der Waals surface area contributed by atoms with E-state index in [1.165, 1.54) is 25.3 Å². The lowest BCUT2D eigenvalue weighted by Gasteiger charge is -2.33. The number of rotatable bonds is 7. The molecular weight excluding hydrogens is 465 g/mol. The minimum absolute atomic E-state index is 0.0870. The topological polar surface area (TPSA) is 107 Å². The van der Waals surface area contributed by atoms with Crippen molar-refractivity contribution >= 4 is 29.2 Å². The van der Waals surface area contributed by atoms with Crippen molar-refractivity contribution in [3.8, 4) is 11.5 Å². The fourth-order valence-corrected chi connectivity index (χ4v) is 3.66. The minimum Gasteiger partial charge on any atom is -0.493 e. The van der Waals surface area contributed by atoms with Gasteiger partial charge in [0.1, 0.15) is 5.82 Å². The molecule has 0 spiro atoms. The van der Waals surface area contributed by atoms with Gasteiger partial charge in [-0.3, -0.25) is 9.59 Å². The first kappa shape index (κ1) is 24.4. The summed E-state index contributed by atoms with van der Waals surface area (Å²) in [5.41, 5.74) is 4.52. The maximum absolute atomic E-state index is 12.7. The molecule has 0 unspecified atom stereocenters. The highest BCUT2D eigenvalue weighted by molar-refractivity contribution is 6.32. The van der Waals surface area contributed by atoms with Gasteiger partial charge in [0, 0.05) is 30.9 Å². The molecule has 1 fully saturated rings. The third kappa shape index (κ3) is 6.19. The zero-order valence-corrected chi connectivity index (χ0v) is 18.4. The van der Waals surface area contributed by atoms with Gasteiger partial charge in [-0.05, 0) is 37.1 Å². The maximum Gasteiger partial charge on any atom is 0.417 e. The van der Waals surface area contributed by atoms with Crippen LogP contribution in [0.3, 0.4) is 0 Å². The number of anilines is 1. The molecule has 2 amide bonds. The Morgan fingerprint density at radius 2 is 1.97 bits per heavy atom. The van der Waals surface area contributed by atoms with Crippen LogP contribution in [0, 0.1) is 0 Å². The number of pyridine rings is 1. The van der Waals surface area contributed by atoms with Crippen molar-refractivity contribution in [3.05, 3.63) is 46.6 Å². The van der Waals surface area contributed by atoms with Gasteiger partial charge in [0.05, 0.1) is 17.7 Å². The molecule has 1 aliphatic heterocycles. The zero-order chi connectivity index (χ0) is 24.2. The van der Waals surface area contributed by atoms with Gasteiger partial charge in [0.2, 0.25) is 0 Å². The molecule has 3 N–H and O–H groups in total. The van der Waals surface area contributed by atoms with E-state index >= 15 is 0 Å². The number of methoxy groups -OCH3 is 1. The van der Waals surface area contributed by atoms with Crippen LogP contribution >= 0.6 is 11.6 Å². The number of alkyl halides is 3. The van der Waals surface area contributed by atoms with E-state index < -0.39 is 24.3 Å². The van der Waals surface area contributed by atoms with Gasteiger partial charge < -0.3 is 25.4 Å². The molecule has 1 aromatic carbocycles. The molecule has 1 aromatic heterocycles. The molecule has 0 bridgehead atoms. The third-order valence-corrected chi connectivity index (χ3v) is 5.36. The Bertz CT molecular complexity index is 1010. The Labute approximate surface area is 192 Å². The van der Waals surface area contributed by atoms with E-state index in [1.807, 2.05) is 4.90 Å². The Balaban J connectivity index is 1.60. The number of benzene rings is 1. The smallest absolute Gasteiger partial charge is 0.417 e. The molecule has 2 heterocycles. The van der Waals surface area contributed by atoms with Crippen LogP contribution in [0.1, 0.15) is 28.8 Å². The van der Waals surface area contributed by atoms with Crippen LogP contribution in [0.25, 0.3) is 0 Å². The number of hydrogen-bond acceptors (Lipinski definition) is 6. The summed E-state index contributed by atoms with van der Waals surface area (Å²) in [6.07, 6.45) is -2.45. The average molecular weight is 487 g/mol. The van der Waals surface area contributed by atoms with Crippen LogP contribution in [0.5, 0.6) is 11.5 Å². The number of carbonyl (C=O) groups excluding carboxylic acids is 2. The van der Waals surface area contributed by atoms with Gasteiger partial charge in [0.25, 0.3) is 11.8 Å². The van der Waals surface area contributed by atoms with Gasteiger partial charge >= 0.3 is 6.18 Å². The number of primary amides is 1. The van der Waals surface area contributed by atoms with Crippen molar-refractivity contribution in [2.24, 2.45) is 5.73 Å². The second-order valence-corrected chi connectivity index (χ2v) is 7.79. The summed E-state index contributed by atoms with van der Waals surface area (Å²) in [7, 11) is 1.37. The normalized spacial score (nSPS) is 14.6. The summed E-state index contributed by atoms with van der Waals surface area (Å²) in [5, 5.41) is 3.01. The van der Waals surface area contributed by atoms with Crippen molar-refractivity contribution in [2.75, 3.05) is 31.7 Å². The van der Waals surface area contributed by atoms with Crippen LogP contribution in [0.2, 0.25) is 5.02 Å². The number of nitrogens with two attached hydrogens (primary N) is 1.